The number of Topliss-reactive ketones (excluding diaryl/α,β-unsaturated/α-hetero) is 1. The maximum atomic E-state index is 13.9. The third-order valence-electron chi connectivity index (χ3n) is 5.25. The second-order valence-corrected chi connectivity index (χ2v) is 7.29. The summed E-state index contributed by atoms with van der Waals surface area (Å²) in [5, 5.41) is 11.1. The van der Waals surface area contributed by atoms with Crippen LogP contribution in [-0.2, 0) is 9.59 Å². The highest BCUT2D eigenvalue weighted by atomic mass is 19.1. The molecule has 5 nitrogen and oxygen atoms in total. The van der Waals surface area contributed by atoms with E-state index in [1.165, 1.54) is 30.2 Å². The molecule has 6 heteroatoms. The van der Waals surface area contributed by atoms with Crippen LogP contribution in [0.5, 0.6) is 5.75 Å². The Bertz CT molecular complexity index is 1200. The smallest absolute Gasteiger partial charge is 0.300 e. The minimum absolute atomic E-state index is 0.0509. The first-order chi connectivity index (χ1) is 14.9. The predicted molar refractivity (Wildman–Crippen MR) is 115 cm³/mol. The van der Waals surface area contributed by atoms with E-state index >= 15 is 0 Å². The number of benzene rings is 3. The lowest BCUT2D eigenvalue weighted by Gasteiger charge is -2.25. The molecule has 0 saturated carbocycles. The van der Waals surface area contributed by atoms with Crippen molar-refractivity contribution in [3.63, 3.8) is 0 Å². The monoisotopic (exact) mass is 417 g/mol. The van der Waals surface area contributed by atoms with Gasteiger partial charge < -0.3 is 9.84 Å². The standard InChI is InChI=1S/C25H20FNO4/c1-15-5-3-6-17(13-15)22-21(23(28)16-9-11-20(31-2)12-10-16)24(29)25(30)27(22)19-8-4-7-18(26)14-19/h3-14,22,28H,1-2H3/b23-21+. The molecule has 3 aromatic carbocycles. The lowest BCUT2D eigenvalue weighted by molar-refractivity contribution is -0.132. The van der Waals surface area contributed by atoms with E-state index in [0.717, 1.165) is 5.56 Å². The number of methoxy groups -OCH3 is 1. The third-order valence-corrected chi connectivity index (χ3v) is 5.25. The number of carbonyl (C=O) groups is 2. The molecule has 156 valence electrons. The van der Waals surface area contributed by atoms with Crippen LogP contribution >= 0.6 is 0 Å². The van der Waals surface area contributed by atoms with Crippen molar-refractivity contribution in [1.82, 2.24) is 0 Å². The molecule has 1 aliphatic rings. The van der Waals surface area contributed by atoms with Crippen molar-refractivity contribution in [3.05, 3.63) is 101 Å². The Hall–Kier alpha value is -3.93. The van der Waals surface area contributed by atoms with Gasteiger partial charge in [0.05, 0.1) is 18.7 Å². The number of aliphatic hydroxyl groups excluding tert-OH is 1. The van der Waals surface area contributed by atoms with Gasteiger partial charge >= 0.3 is 0 Å². The van der Waals surface area contributed by atoms with Crippen molar-refractivity contribution in [2.45, 2.75) is 13.0 Å². The number of hydrogen-bond acceptors (Lipinski definition) is 4. The van der Waals surface area contributed by atoms with Crippen LogP contribution in [0.25, 0.3) is 5.76 Å². The quantitative estimate of drug-likeness (QED) is 0.377. The zero-order valence-corrected chi connectivity index (χ0v) is 17.0. The molecule has 0 radical (unpaired) electrons. The number of ether oxygens (including phenoxy) is 1. The van der Waals surface area contributed by atoms with Crippen LogP contribution in [0.3, 0.4) is 0 Å². The molecular weight excluding hydrogens is 397 g/mol. The van der Waals surface area contributed by atoms with Gasteiger partial charge in [-0.05, 0) is 55.0 Å². The van der Waals surface area contributed by atoms with Crippen molar-refractivity contribution in [3.8, 4) is 5.75 Å². The minimum Gasteiger partial charge on any atom is -0.507 e. The summed E-state index contributed by atoms with van der Waals surface area (Å²) in [5.74, 6) is -1.90. The molecule has 0 aliphatic carbocycles. The summed E-state index contributed by atoms with van der Waals surface area (Å²) in [6.45, 7) is 1.89. The summed E-state index contributed by atoms with van der Waals surface area (Å²) in [5.41, 5.74) is 2.12. The minimum atomic E-state index is -0.899. The van der Waals surface area contributed by atoms with Crippen LogP contribution < -0.4 is 9.64 Å². The van der Waals surface area contributed by atoms with E-state index in [2.05, 4.69) is 0 Å². The van der Waals surface area contributed by atoms with Crippen LogP contribution in [-0.4, -0.2) is 23.9 Å². The number of halogens is 1. The van der Waals surface area contributed by atoms with Crippen molar-refractivity contribution in [2.75, 3.05) is 12.0 Å². The van der Waals surface area contributed by atoms with E-state index < -0.39 is 23.5 Å². The number of rotatable bonds is 4. The fourth-order valence-electron chi connectivity index (χ4n) is 3.78. The molecule has 4 rings (SSSR count). The summed E-state index contributed by atoms with van der Waals surface area (Å²) in [6, 6.07) is 18.4. The van der Waals surface area contributed by atoms with Gasteiger partial charge in [-0.25, -0.2) is 4.39 Å². The molecule has 1 fully saturated rings. The predicted octanol–water partition coefficient (Wildman–Crippen LogP) is 4.77. The van der Waals surface area contributed by atoms with Crippen molar-refractivity contribution >= 4 is 23.1 Å². The number of nitrogens with zero attached hydrogens (tertiary/aromatic N) is 1. The molecule has 0 bridgehead atoms. The molecule has 0 spiro atoms. The van der Waals surface area contributed by atoms with Crippen LogP contribution in [0.4, 0.5) is 10.1 Å². The molecule has 1 aliphatic heterocycles. The Kier molecular flexibility index (Phi) is 5.29. The normalized spacial score (nSPS) is 17.8. The number of carbonyl (C=O) groups excluding carboxylic acids is 2. The Morgan fingerprint density at radius 3 is 2.35 bits per heavy atom. The molecule has 1 amide bonds. The average molecular weight is 417 g/mol. The summed E-state index contributed by atoms with van der Waals surface area (Å²) in [6.07, 6.45) is 0. The molecule has 1 heterocycles. The Labute approximate surface area is 179 Å². The first-order valence-corrected chi connectivity index (χ1v) is 9.68. The number of aliphatic hydroxyl groups is 1. The van der Waals surface area contributed by atoms with Gasteiger partial charge in [-0.3, -0.25) is 14.5 Å². The van der Waals surface area contributed by atoms with Gasteiger partial charge in [0.2, 0.25) is 0 Å². The van der Waals surface area contributed by atoms with Crippen LogP contribution in [0, 0.1) is 12.7 Å². The Balaban J connectivity index is 1.94. The van der Waals surface area contributed by atoms with Crippen molar-refractivity contribution in [1.29, 1.82) is 0 Å². The van der Waals surface area contributed by atoms with Gasteiger partial charge in [-0.2, -0.15) is 0 Å². The van der Waals surface area contributed by atoms with E-state index in [1.54, 1.807) is 36.4 Å². The first kappa shape index (κ1) is 20.3. The molecule has 1 N–H and O–H groups in total. The number of aryl methyl sites for hydroxylation is 1. The summed E-state index contributed by atoms with van der Waals surface area (Å²) < 4.78 is 19.1. The first-order valence-electron chi connectivity index (χ1n) is 9.68. The van der Waals surface area contributed by atoms with Gasteiger partial charge in [0.15, 0.2) is 0 Å². The Morgan fingerprint density at radius 1 is 1.00 bits per heavy atom. The highest BCUT2D eigenvalue weighted by Gasteiger charge is 2.47. The SMILES string of the molecule is COc1ccc(/C(O)=C2\C(=O)C(=O)N(c3cccc(F)c3)C2c2cccc(C)c2)cc1. The topological polar surface area (TPSA) is 66.8 Å². The number of hydrogen-bond donors (Lipinski definition) is 1. The number of ketones is 1. The van der Waals surface area contributed by atoms with E-state index in [9.17, 15) is 19.1 Å². The van der Waals surface area contributed by atoms with Crippen molar-refractivity contribution < 1.29 is 23.8 Å². The molecule has 1 saturated heterocycles. The fraction of sp³-hybridized carbons (Fsp3) is 0.120. The second kappa shape index (κ2) is 8.07. The van der Waals surface area contributed by atoms with Crippen LogP contribution in [0.15, 0.2) is 78.4 Å². The highest BCUT2D eigenvalue weighted by Crippen LogP contribution is 2.42. The van der Waals surface area contributed by atoms with Crippen molar-refractivity contribution in [2.24, 2.45) is 0 Å². The molecule has 3 aromatic rings. The highest BCUT2D eigenvalue weighted by molar-refractivity contribution is 6.51. The van der Waals surface area contributed by atoms with E-state index in [4.69, 9.17) is 4.74 Å². The average Bonchev–Trinajstić information content (AvgIpc) is 3.04. The zero-order chi connectivity index (χ0) is 22.1. The molecular formula is C25H20FNO4. The maximum Gasteiger partial charge on any atom is 0.300 e. The van der Waals surface area contributed by atoms with Gasteiger partial charge in [-0.15, -0.1) is 0 Å². The summed E-state index contributed by atoms with van der Waals surface area (Å²) in [7, 11) is 1.52. The third kappa shape index (κ3) is 3.68. The maximum absolute atomic E-state index is 13.9. The lowest BCUT2D eigenvalue weighted by Crippen LogP contribution is -2.29. The second-order valence-electron chi connectivity index (χ2n) is 7.29. The number of amides is 1. The van der Waals surface area contributed by atoms with Crippen LogP contribution in [0.2, 0.25) is 0 Å². The van der Waals surface area contributed by atoms with E-state index in [-0.39, 0.29) is 17.0 Å². The number of anilines is 1. The van der Waals surface area contributed by atoms with E-state index in [1.807, 2.05) is 25.1 Å². The fourth-order valence-corrected chi connectivity index (χ4v) is 3.78. The molecule has 0 aromatic heterocycles. The molecule has 31 heavy (non-hydrogen) atoms. The largest absolute Gasteiger partial charge is 0.507 e. The van der Waals surface area contributed by atoms with Gasteiger partial charge in [-0.1, -0.05) is 35.9 Å². The van der Waals surface area contributed by atoms with Crippen LogP contribution in [0.1, 0.15) is 22.7 Å². The Morgan fingerprint density at radius 2 is 1.71 bits per heavy atom. The lowest BCUT2D eigenvalue weighted by atomic mass is 9.94. The van der Waals surface area contributed by atoms with Gasteiger partial charge in [0.1, 0.15) is 17.3 Å². The zero-order valence-electron chi connectivity index (χ0n) is 17.0. The molecule has 1 atom stereocenters. The van der Waals surface area contributed by atoms with Gasteiger partial charge in [0, 0.05) is 11.3 Å². The summed E-state index contributed by atoms with van der Waals surface area (Å²) in [4.78, 5) is 27.3. The van der Waals surface area contributed by atoms with Gasteiger partial charge in [0.25, 0.3) is 11.7 Å². The summed E-state index contributed by atoms with van der Waals surface area (Å²) >= 11 is 0. The van der Waals surface area contributed by atoms with E-state index in [0.29, 0.717) is 16.9 Å². The molecule has 1 unspecified atom stereocenters.